The van der Waals surface area contributed by atoms with Crippen LogP contribution in [0, 0.1) is 0 Å². The molecule has 0 bridgehead atoms. The summed E-state index contributed by atoms with van der Waals surface area (Å²) in [6, 6.07) is 7.99. The van der Waals surface area contributed by atoms with Gasteiger partial charge in [-0.15, -0.1) is 0 Å². The van der Waals surface area contributed by atoms with Crippen molar-refractivity contribution >= 4 is 29.3 Å². The van der Waals surface area contributed by atoms with E-state index in [1.54, 1.807) is 18.8 Å². The maximum absolute atomic E-state index is 6.12. The fourth-order valence-corrected chi connectivity index (χ4v) is 3.63. The summed E-state index contributed by atoms with van der Waals surface area (Å²) in [7, 11) is 1.78. The van der Waals surface area contributed by atoms with Crippen molar-refractivity contribution in [2.75, 3.05) is 19.8 Å². The van der Waals surface area contributed by atoms with Crippen LogP contribution in [0.2, 0.25) is 5.02 Å². The van der Waals surface area contributed by atoms with Gasteiger partial charge in [-0.3, -0.25) is 4.99 Å². The lowest BCUT2D eigenvalue weighted by atomic mass is 10.1. The summed E-state index contributed by atoms with van der Waals surface area (Å²) in [5, 5.41) is 12.0. The number of thioether (sulfide) groups is 1. The molecule has 2 aromatic rings. The number of hydrogen-bond acceptors (Lipinski definition) is 4. The summed E-state index contributed by atoms with van der Waals surface area (Å²) in [6.07, 6.45) is 3.79. The number of aromatic nitrogens is 1. The minimum absolute atomic E-state index is 0.292. The fourth-order valence-electron chi connectivity index (χ4n) is 2.76. The molecule has 2 rings (SSSR count). The lowest BCUT2D eigenvalue weighted by Gasteiger charge is -2.18. The minimum Gasteiger partial charge on any atom is -0.361 e. The number of nitrogens with zero attached hydrogens (tertiary/aromatic N) is 2. The first-order valence-corrected chi connectivity index (χ1v) is 10.5. The summed E-state index contributed by atoms with van der Waals surface area (Å²) in [6.45, 7) is 5.56. The Kier molecular flexibility index (Phi) is 8.32. The van der Waals surface area contributed by atoms with Gasteiger partial charge in [-0.2, -0.15) is 11.8 Å². The number of rotatable bonds is 8. The molecular weight excluding hydrogens is 368 g/mol. The van der Waals surface area contributed by atoms with Crippen molar-refractivity contribution in [3.05, 3.63) is 51.9 Å². The van der Waals surface area contributed by atoms with Gasteiger partial charge < -0.3 is 15.2 Å². The summed E-state index contributed by atoms with van der Waals surface area (Å²) < 4.78 is 5.42. The standard InChI is InChI=1S/C19H27ClN4OS/c1-5-16-15(17(6-2)25-24-16)11-22-19(21-3)23-12-18(26-4)13-8-7-9-14(20)10-13/h7-10,18H,5-6,11-12H2,1-4H3,(H2,21,22,23). The largest absolute Gasteiger partial charge is 0.361 e. The first kappa shape index (κ1) is 20.6. The predicted octanol–water partition coefficient (Wildman–Crippen LogP) is 4.22. The lowest BCUT2D eigenvalue weighted by molar-refractivity contribution is 0.380. The van der Waals surface area contributed by atoms with Crippen LogP contribution in [0.15, 0.2) is 33.8 Å². The van der Waals surface area contributed by atoms with E-state index in [-0.39, 0.29) is 0 Å². The van der Waals surface area contributed by atoms with Gasteiger partial charge in [0.2, 0.25) is 0 Å². The zero-order valence-corrected chi connectivity index (χ0v) is 17.4. The van der Waals surface area contributed by atoms with E-state index in [9.17, 15) is 0 Å². The zero-order chi connectivity index (χ0) is 18.9. The van der Waals surface area contributed by atoms with E-state index in [1.165, 1.54) is 5.56 Å². The molecule has 1 heterocycles. The molecule has 5 nitrogen and oxygen atoms in total. The van der Waals surface area contributed by atoms with Crippen molar-refractivity contribution in [2.24, 2.45) is 4.99 Å². The first-order valence-electron chi connectivity index (χ1n) is 8.81. The molecule has 0 saturated heterocycles. The monoisotopic (exact) mass is 394 g/mol. The summed E-state index contributed by atoms with van der Waals surface area (Å²) >= 11 is 7.90. The Bertz CT molecular complexity index is 711. The highest BCUT2D eigenvalue weighted by atomic mass is 35.5. The number of halogens is 1. The van der Waals surface area contributed by atoms with E-state index in [0.717, 1.165) is 47.4 Å². The van der Waals surface area contributed by atoms with Crippen LogP contribution in [0.25, 0.3) is 0 Å². The molecule has 0 aliphatic rings. The molecule has 0 fully saturated rings. The number of aryl methyl sites for hydroxylation is 2. The van der Waals surface area contributed by atoms with Crippen molar-refractivity contribution in [1.82, 2.24) is 15.8 Å². The second kappa shape index (κ2) is 10.5. The second-order valence-corrected chi connectivity index (χ2v) is 7.30. The van der Waals surface area contributed by atoms with Gasteiger partial charge in [-0.05, 0) is 30.4 Å². The van der Waals surface area contributed by atoms with Crippen LogP contribution >= 0.6 is 23.4 Å². The van der Waals surface area contributed by atoms with Gasteiger partial charge >= 0.3 is 0 Å². The van der Waals surface area contributed by atoms with Crippen molar-refractivity contribution in [1.29, 1.82) is 0 Å². The Morgan fingerprint density at radius 3 is 2.73 bits per heavy atom. The van der Waals surface area contributed by atoms with Crippen LogP contribution in [0.4, 0.5) is 0 Å². The molecule has 142 valence electrons. The molecule has 1 aromatic carbocycles. The van der Waals surface area contributed by atoms with E-state index in [2.05, 4.69) is 47.0 Å². The third-order valence-corrected chi connectivity index (χ3v) is 5.47. The Balaban J connectivity index is 1.96. The van der Waals surface area contributed by atoms with Crippen molar-refractivity contribution in [2.45, 2.75) is 38.5 Å². The van der Waals surface area contributed by atoms with E-state index < -0.39 is 0 Å². The number of hydrogen-bond donors (Lipinski definition) is 2. The molecule has 1 unspecified atom stereocenters. The van der Waals surface area contributed by atoms with Crippen LogP contribution in [-0.4, -0.2) is 31.0 Å². The van der Waals surface area contributed by atoms with Gasteiger partial charge in [0.25, 0.3) is 0 Å². The Hall–Kier alpha value is -1.66. The summed E-state index contributed by atoms with van der Waals surface area (Å²) in [5.74, 6) is 1.70. The highest BCUT2D eigenvalue weighted by Gasteiger charge is 2.15. The van der Waals surface area contributed by atoms with Crippen molar-refractivity contribution in [3.8, 4) is 0 Å². The maximum atomic E-state index is 6.12. The molecule has 2 N–H and O–H groups in total. The number of aliphatic imine (C=N–C) groups is 1. The van der Waals surface area contributed by atoms with Gasteiger partial charge in [0.15, 0.2) is 5.96 Å². The highest BCUT2D eigenvalue weighted by Crippen LogP contribution is 2.27. The molecule has 1 aromatic heterocycles. The zero-order valence-electron chi connectivity index (χ0n) is 15.8. The number of benzene rings is 1. The second-order valence-electron chi connectivity index (χ2n) is 5.82. The van der Waals surface area contributed by atoms with Crippen LogP contribution in [0.1, 0.15) is 41.7 Å². The SMILES string of the molecule is CCc1noc(CC)c1CNC(=NC)NCC(SC)c1cccc(Cl)c1. The van der Waals surface area contributed by atoms with Crippen molar-refractivity contribution in [3.63, 3.8) is 0 Å². The molecular formula is C19H27ClN4OS. The van der Waals surface area contributed by atoms with E-state index in [4.69, 9.17) is 16.1 Å². The molecule has 7 heteroatoms. The van der Waals surface area contributed by atoms with Crippen LogP contribution in [-0.2, 0) is 19.4 Å². The molecule has 0 spiro atoms. The average molecular weight is 395 g/mol. The smallest absolute Gasteiger partial charge is 0.191 e. The topological polar surface area (TPSA) is 62.5 Å². The molecule has 0 aliphatic heterocycles. The Morgan fingerprint density at radius 1 is 1.31 bits per heavy atom. The Labute approximate surface area is 165 Å². The van der Waals surface area contributed by atoms with Gasteiger partial charge in [0, 0.05) is 42.4 Å². The van der Waals surface area contributed by atoms with Gasteiger partial charge in [-0.25, -0.2) is 0 Å². The molecule has 0 saturated carbocycles. The van der Waals surface area contributed by atoms with Gasteiger partial charge in [-0.1, -0.05) is 42.7 Å². The molecule has 0 radical (unpaired) electrons. The van der Waals surface area contributed by atoms with Crippen LogP contribution in [0.5, 0.6) is 0 Å². The quantitative estimate of drug-likeness (QED) is 0.518. The predicted molar refractivity (Wildman–Crippen MR) is 111 cm³/mol. The molecule has 1 atom stereocenters. The minimum atomic E-state index is 0.292. The maximum Gasteiger partial charge on any atom is 0.191 e. The van der Waals surface area contributed by atoms with Crippen LogP contribution in [0.3, 0.4) is 0 Å². The van der Waals surface area contributed by atoms with Crippen LogP contribution < -0.4 is 10.6 Å². The van der Waals surface area contributed by atoms with E-state index >= 15 is 0 Å². The molecule has 0 amide bonds. The third kappa shape index (κ3) is 5.42. The fraction of sp³-hybridized carbons (Fsp3) is 0.474. The average Bonchev–Trinajstić information content (AvgIpc) is 3.06. The normalized spacial score (nSPS) is 12.9. The van der Waals surface area contributed by atoms with E-state index in [0.29, 0.717) is 11.8 Å². The van der Waals surface area contributed by atoms with E-state index in [1.807, 2.05) is 18.2 Å². The van der Waals surface area contributed by atoms with Crippen molar-refractivity contribution < 1.29 is 4.52 Å². The summed E-state index contributed by atoms with van der Waals surface area (Å²) in [5.41, 5.74) is 3.34. The van der Waals surface area contributed by atoms with Gasteiger partial charge in [0.1, 0.15) is 5.76 Å². The number of guanidine groups is 1. The lowest BCUT2D eigenvalue weighted by Crippen LogP contribution is -2.38. The number of nitrogens with one attached hydrogen (secondary N) is 2. The van der Waals surface area contributed by atoms with Gasteiger partial charge in [0.05, 0.1) is 5.69 Å². The molecule has 0 aliphatic carbocycles. The summed E-state index contributed by atoms with van der Waals surface area (Å²) in [4.78, 5) is 4.32. The highest BCUT2D eigenvalue weighted by molar-refractivity contribution is 7.98. The Morgan fingerprint density at radius 2 is 2.12 bits per heavy atom. The molecule has 26 heavy (non-hydrogen) atoms. The third-order valence-electron chi connectivity index (χ3n) is 4.22. The first-order chi connectivity index (χ1) is 12.6.